The van der Waals surface area contributed by atoms with E-state index in [0.717, 1.165) is 6.07 Å². The van der Waals surface area contributed by atoms with Gasteiger partial charge in [-0.15, -0.1) is 0 Å². The average molecular weight is 217 g/mol. The van der Waals surface area contributed by atoms with E-state index >= 15 is 0 Å². The first-order chi connectivity index (χ1) is 6.56. The average Bonchev–Trinajstić information content (AvgIpc) is 2.19. The zero-order chi connectivity index (χ0) is 10.7. The smallest absolute Gasteiger partial charge is 0.123 e. The Hall–Kier alpha value is -0.780. The molecular weight excluding hydrogens is 205 g/mol. The molecule has 0 aliphatic carbocycles. The summed E-state index contributed by atoms with van der Waals surface area (Å²) < 4.78 is 12.8. The highest BCUT2D eigenvalue weighted by molar-refractivity contribution is 7.80. The SMILES string of the molecule is Nc1ccc(F)cc1C(O)C(O)CS. The van der Waals surface area contributed by atoms with E-state index in [1.54, 1.807) is 0 Å². The van der Waals surface area contributed by atoms with E-state index in [0.29, 0.717) is 0 Å². The number of aliphatic hydroxyl groups excluding tert-OH is 2. The molecule has 0 saturated carbocycles. The fraction of sp³-hybridized carbons (Fsp3) is 0.333. The van der Waals surface area contributed by atoms with Gasteiger partial charge in [0.1, 0.15) is 11.9 Å². The van der Waals surface area contributed by atoms with Crippen LogP contribution in [0.15, 0.2) is 18.2 Å². The summed E-state index contributed by atoms with van der Waals surface area (Å²) in [5, 5.41) is 18.8. The second-order valence-corrected chi connectivity index (χ2v) is 3.33. The van der Waals surface area contributed by atoms with Gasteiger partial charge in [0.05, 0.1) is 6.10 Å². The van der Waals surface area contributed by atoms with Gasteiger partial charge in [0.15, 0.2) is 0 Å². The van der Waals surface area contributed by atoms with Crippen LogP contribution in [0.2, 0.25) is 0 Å². The molecule has 3 nitrogen and oxygen atoms in total. The maximum atomic E-state index is 12.8. The van der Waals surface area contributed by atoms with Gasteiger partial charge in [0.25, 0.3) is 0 Å². The van der Waals surface area contributed by atoms with Crippen molar-refractivity contribution in [2.75, 3.05) is 11.5 Å². The first kappa shape index (κ1) is 11.3. The monoisotopic (exact) mass is 217 g/mol. The Balaban J connectivity index is 2.99. The predicted octanol–water partition coefficient (Wildman–Crippen LogP) is 0.732. The van der Waals surface area contributed by atoms with Crippen LogP contribution in [0.4, 0.5) is 10.1 Å². The highest BCUT2D eigenvalue weighted by Crippen LogP contribution is 2.24. The zero-order valence-electron chi connectivity index (χ0n) is 7.39. The first-order valence-electron chi connectivity index (χ1n) is 4.08. The third-order valence-electron chi connectivity index (χ3n) is 1.92. The number of thiol groups is 1. The molecule has 0 radical (unpaired) electrons. The molecule has 0 fully saturated rings. The van der Waals surface area contributed by atoms with Crippen molar-refractivity contribution in [1.82, 2.24) is 0 Å². The number of aliphatic hydroxyl groups is 2. The highest BCUT2D eigenvalue weighted by Gasteiger charge is 2.19. The maximum Gasteiger partial charge on any atom is 0.123 e. The van der Waals surface area contributed by atoms with E-state index in [1.807, 2.05) is 0 Å². The molecular formula is C9H12FNO2S. The summed E-state index contributed by atoms with van der Waals surface area (Å²) in [5.74, 6) is -0.420. The molecule has 0 spiro atoms. The van der Waals surface area contributed by atoms with Crippen LogP contribution >= 0.6 is 12.6 Å². The lowest BCUT2D eigenvalue weighted by Gasteiger charge is -2.17. The topological polar surface area (TPSA) is 66.5 Å². The van der Waals surface area contributed by atoms with Crippen LogP contribution in [0.3, 0.4) is 0 Å². The molecule has 2 atom stereocenters. The molecule has 4 N–H and O–H groups in total. The largest absolute Gasteiger partial charge is 0.398 e. The Morgan fingerprint density at radius 3 is 2.64 bits per heavy atom. The Morgan fingerprint density at radius 1 is 1.43 bits per heavy atom. The van der Waals surface area contributed by atoms with E-state index in [2.05, 4.69) is 12.6 Å². The summed E-state index contributed by atoms with van der Waals surface area (Å²) in [7, 11) is 0. The summed E-state index contributed by atoms with van der Waals surface area (Å²) >= 11 is 3.82. The molecule has 0 aromatic heterocycles. The van der Waals surface area contributed by atoms with Crippen molar-refractivity contribution in [1.29, 1.82) is 0 Å². The van der Waals surface area contributed by atoms with Gasteiger partial charge in [-0.25, -0.2) is 4.39 Å². The van der Waals surface area contributed by atoms with E-state index in [9.17, 15) is 14.6 Å². The number of nitrogens with two attached hydrogens (primary N) is 1. The van der Waals surface area contributed by atoms with E-state index in [4.69, 9.17) is 5.73 Å². The molecule has 0 amide bonds. The second kappa shape index (κ2) is 4.63. The van der Waals surface area contributed by atoms with E-state index in [-0.39, 0.29) is 17.0 Å². The molecule has 0 aliphatic heterocycles. The van der Waals surface area contributed by atoms with Crippen LogP contribution in [-0.2, 0) is 0 Å². The Morgan fingerprint density at radius 2 is 2.07 bits per heavy atom. The lowest BCUT2D eigenvalue weighted by atomic mass is 10.0. The van der Waals surface area contributed by atoms with Crippen LogP contribution in [0, 0.1) is 5.82 Å². The van der Waals surface area contributed by atoms with Gasteiger partial charge >= 0.3 is 0 Å². The molecule has 1 aromatic carbocycles. The number of halogens is 1. The summed E-state index contributed by atoms with van der Waals surface area (Å²) in [6, 6.07) is 3.64. The van der Waals surface area contributed by atoms with Crippen LogP contribution in [0.1, 0.15) is 11.7 Å². The van der Waals surface area contributed by atoms with Gasteiger partial charge in [-0.1, -0.05) is 0 Å². The molecule has 78 valence electrons. The summed E-state index contributed by atoms with van der Waals surface area (Å²) in [5.41, 5.74) is 5.96. The predicted molar refractivity (Wildman–Crippen MR) is 55.6 cm³/mol. The molecule has 0 bridgehead atoms. The molecule has 0 heterocycles. The number of rotatable bonds is 3. The maximum absolute atomic E-state index is 12.8. The molecule has 0 saturated heterocycles. The molecule has 1 aromatic rings. The Bertz CT molecular complexity index is 322. The Labute approximate surface area is 86.8 Å². The lowest BCUT2D eigenvalue weighted by Crippen LogP contribution is -2.20. The zero-order valence-corrected chi connectivity index (χ0v) is 8.29. The van der Waals surface area contributed by atoms with Crippen LogP contribution in [-0.4, -0.2) is 22.1 Å². The van der Waals surface area contributed by atoms with Crippen molar-refractivity contribution in [2.45, 2.75) is 12.2 Å². The second-order valence-electron chi connectivity index (χ2n) is 2.97. The van der Waals surface area contributed by atoms with Gasteiger partial charge in [0, 0.05) is 17.0 Å². The number of benzene rings is 1. The molecule has 14 heavy (non-hydrogen) atoms. The van der Waals surface area contributed by atoms with Crippen molar-refractivity contribution in [3.8, 4) is 0 Å². The number of hydrogen-bond acceptors (Lipinski definition) is 4. The van der Waals surface area contributed by atoms with Crippen molar-refractivity contribution >= 4 is 18.3 Å². The fourth-order valence-corrected chi connectivity index (χ4v) is 1.31. The summed E-state index contributed by atoms with van der Waals surface area (Å²) in [6.07, 6.45) is -2.26. The number of hydrogen-bond donors (Lipinski definition) is 4. The van der Waals surface area contributed by atoms with Gasteiger partial charge in [-0.05, 0) is 18.2 Å². The van der Waals surface area contributed by atoms with Crippen LogP contribution in [0.5, 0.6) is 0 Å². The minimum Gasteiger partial charge on any atom is -0.398 e. The lowest BCUT2D eigenvalue weighted by molar-refractivity contribution is 0.0340. The molecule has 0 aliphatic rings. The quantitative estimate of drug-likeness (QED) is 0.446. The van der Waals surface area contributed by atoms with E-state index in [1.165, 1.54) is 12.1 Å². The highest BCUT2D eigenvalue weighted by atomic mass is 32.1. The number of nitrogen functional groups attached to an aromatic ring is 1. The summed E-state index contributed by atoms with van der Waals surface area (Å²) in [6.45, 7) is 0. The van der Waals surface area contributed by atoms with Crippen molar-refractivity contribution in [2.24, 2.45) is 0 Å². The van der Waals surface area contributed by atoms with Gasteiger partial charge < -0.3 is 15.9 Å². The Kier molecular flexibility index (Phi) is 3.74. The third kappa shape index (κ3) is 2.37. The minimum absolute atomic E-state index is 0.0805. The minimum atomic E-state index is -1.21. The standard InChI is InChI=1S/C9H12FNO2S/c10-5-1-2-7(11)6(3-5)9(13)8(12)4-14/h1-3,8-9,12-14H,4,11H2. The molecule has 1 rings (SSSR count). The fourth-order valence-electron chi connectivity index (χ4n) is 1.11. The van der Waals surface area contributed by atoms with Gasteiger partial charge in [-0.3, -0.25) is 0 Å². The van der Waals surface area contributed by atoms with E-state index < -0.39 is 18.0 Å². The third-order valence-corrected chi connectivity index (χ3v) is 2.29. The van der Waals surface area contributed by atoms with Gasteiger partial charge in [-0.2, -0.15) is 12.6 Å². The normalized spacial score (nSPS) is 15.1. The van der Waals surface area contributed by atoms with Crippen molar-refractivity contribution < 1.29 is 14.6 Å². The summed E-state index contributed by atoms with van der Waals surface area (Å²) in [4.78, 5) is 0. The number of anilines is 1. The van der Waals surface area contributed by atoms with Crippen molar-refractivity contribution in [3.63, 3.8) is 0 Å². The van der Waals surface area contributed by atoms with Gasteiger partial charge in [0.2, 0.25) is 0 Å². The molecule has 5 heteroatoms. The van der Waals surface area contributed by atoms with Crippen LogP contribution in [0.25, 0.3) is 0 Å². The molecule has 2 unspecified atom stereocenters. The van der Waals surface area contributed by atoms with Crippen molar-refractivity contribution in [3.05, 3.63) is 29.6 Å². The first-order valence-corrected chi connectivity index (χ1v) is 4.71. The van der Waals surface area contributed by atoms with Crippen LogP contribution < -0.4 is 5.73 Å².